The maximum Gasteiger partial charge on any atom is 0.293 e. The largest absolute Gasteiger partial charge is 0.367 e. The third-order valence-corrected chi connectivity index (χ3v) is 16.5. The van der Waals surface area contributed by atoms with Crippen LogP contribution in [0, 0.1) is 17.6 Å². The van der Waals surface area contributed by atoms with Crippen LogP contribution < -0.4 is 15.6 Å². The van der Waals surface area contributed by atoms with Crippen molar-refractivity contribution in [1.82, 2.24) is 49.2 Å². The van der Waals surface area contributed by atoms with Crippen LogP contribution in [-0.2, 0) is 51.5 Å². The average Bonchev–Trinajstić information content (AvgIpc) is 3.67. The first-order chi connectivity index (χ1) is 37.7. The van der Waals surface area contributed by atoms with E-state index in [0.29, 0.717) is 23.8 Å². The van der Waals surface area contributed by atoms with E-state index in [0.717, 1.165) is 23.0 Å². The molecule has 0 unspecified atom stereocenters. The number of benzene rings is 2. The van der Waals surface area contributed by atoms with Gasteiger partial charge >= 0.3 is 0 Å². The van der Waals surface area contributed by atoms with E-state index in [1.807, 2.05) is 27.7 Å². The van der Waals surface area contributed by atoms with Crippen LogP contribution in [-0.4, -0.2) is 120 Å². The fraction of sp³-hybridized carbons (Fsp3) is 0.547. The molecule has 4 fully saturated rings. The molecule has 2 N–H and O–H groups in total. The predicted molar refractivity (Wildman–Crippen MR) is 277 cm³/mol. The van der Waals surface area contributed by atoms with Crippen LogP contribution in [0.5, 0.6) is 0 Å². The minimum absolute atomic E-state index is 0.00381. The number of hydrogen-bond acceptors (Lipinski definition) is 11. The van der Waals surface area contributed by atoms with Crippen molar-refractivity contribution in [1.29, 1.82) is 0 Å². The molecule has 2 aromatic carbocycles. The zero-order chi connectivity index (χ0) is 58.3. The average molecular weight is 1180 g/mol. The molecule has 81 heavy (non-hydrogen) atoms. The second-order valence-corrected chi connectivity index (χ2v) is 25.7. The topological polar surface area (TPSA) is 174 Å². The molecule has 0 bridgehead atoms. The first kappa shape index (κ1) is 56.9. The van der Waals surface area contributed by atoms with Crippen molar-refractivity contribution in [2.24, 2.45) is 5.92 Å². The van der Waals surface area contributed by atoms with Gasteiger partial charge in [-0.1, -0.05) is 11.6 Å². The number of pyridine rings is 1. The van der Waals surface area contributed by atoms with Crippen molar-refractivity contribution in [2.45, 2.75) is 139 Å². The highest BCUT2D eigenvalue weighted by Gasteiger charge is 2.67. The number of nitrogens with one attached hydrogen (secondary N) is 2. The lowest BCUT2D eigenvalue weighted by Gasteiger charge is -2.47. The lowest BCUT2D eigenvalue weighted by Crippen LogP contribution is -2.57. The van der Waals surface area contributed by atoms with Crippen LogP contribution in [0.4, 0.5) is 49.7 Å². The molecule has 0 radical (unpaired) electrons. The van der Waals surface area contributed by atoms with Crippen molar-refractivity contribution in [3.05, 3.63) is 103 Å². The van der Waals surface area contributed by atoms with Crippen LogP contribution in [0.15, 0.2) is 41.2 Å². The van der Waals surface area contributed by atoms with Crippen molar-refractivity contribution in [3.63, 3.8) is 0 Å². The summed E-state index contributed by atoms with van der Waals surface area (Å²) in [4.78, 5) is 43.9. The van der Waals surface area contributed by atoms with Crippen LogP contribution in [0.1, 0.15) is 124 Å². The molecule has 0 spiro atoms. The second kappa shape index (κ2) is 19.9. The van der Waals surface area contributed by atoms with Gasteiger partial charge in [-0.05, 0) is 94.3 Å². The highest BCUT2D eigenvalue weighted by Crippen LogP contribution is 2.68. The number of carbonyl (C=O) groups is 1. The molecule has 4 aromatic heterocycles. The molecule has 2 saturated heterocycles. The third-order valence-electron chi connectivity index (χ3n) is 15.6. The van der Waals surface area contributed by atoms with E-state index in [-0.39, 0.29) is 99.7 Å². The van der Waals surface area contributed by atoms with Gasteiger partial charge in [-0.2, -0.15) is 19.0 Å². The van der Waals surface area contributed by atoms with Gasteiger partial charge < -0.3 is 10.1 Å². The van der Waals surface area contributed by atoms with Gasteiger partial charge in [0.2, 0.25) is 21.9 Å². The summed E-state index contributed by atoms with van der Waals surface area (Å²) >= 11 is 6.96. The summed E-state index contributed by atoms with van der Waals surface area (Å²) in [7, 11) is -4.12. The normalized spacial score (nSPS) is 22.4. The Morgan fingerprint density at radius 3 is 2.15 bits per heavy atom. The van der Waals surface area contributed by atoms with Crippen LogP contribution in [0.3, 0.4) is 0 Å². The van der Waals surface area contributed by atoms with Crippen LogP contribution in [0.25, 0.3) is 27.6 Å². The Morgan fingerprint density at radius 2 is 1.52 bits per heavy atom. The Bertz CT molecular complexity index is 3670. The fourth-order valence-corrected chi connectivity index (χ4v) is 13.4. The molecule has 28 heteroatoms. The molecule has 3 aliphatic carbocycles. The first-order valence-corrected chi connectivity index (χ1v) is 28.6. The monoisotopic (exact) mass is 1180 g/mol. The van der Waals surface area contributed by atoms with E-state index in [9.17, 15) is 39.6 Å². The number of fused-ring (bicyclic) bond motifs is 5. The van der Waals surface area contributed by atoms with E-state index in [2.05, 4.69) is 25.1 Å². The summed E-state index contributed by atoms with van der Waals surface area (Å²) in [5, 5.41) is 10.7. The number of rotatable bonds is 16. The van der Waals surface area contributed by atoms with Gasteiger partial charge in [-0.25, -0.2) is 53.5 Å². The SMILES string of the molecule is CC1(C)CN(CCn2nc(NS(C)(=O)=O)c3c(Cl)ccc(-n4c([C@H](Cc5cc(F)cc(F)c5)NC(=O)Cn5nc(C(F)F)c6c5C(F)(F)[C@@H]5C[C@H]65)nc5nc(C6CCC(F)(F)CC6)cc(CN6CC(F)(F)C6)c5c4=O)c32)CC(C)(C)O1. The van der Waals surface area contributed by atoms with Crippen molar-refractivity contribution in [2.75, 3.05) is 43.7 Å². The number of likely N-dealkylation sites (tertiary alicyclic amines) is 1. The van der Waals surface area contributed by atoms with E-state index >= 15 is 22.4 Å². The van der Waals surface area contributed by atoms with E-state index in [1.54, 1.807) is 0 Å². The quantitative estimate of drug-likeness (QED) is 0.0884. The lowest BCUT2D eigenvalue weighted by molar-refractivity contribution is -0.180. The highest BCUT2D eigenvalue weighted by atomic mass is 35.5. The Hall–Kier alpha value is -5.90. The van der Waals surface area contributed by atoms with Gasteiger partial charge in [0.15, 0.2) is 11.5 Å². The Morgan fingerprint density at radius 1 is 0.852 bits per heavy atom. The van der Waals surface area contributed by atoms with Gasteiger partial charge in [-0.3, -0.25) is 38.0 Å². The number of halogens is 11. The summed E-state index contributed by atoms with van der Waals surface area (Å²) in [6, 6.07) is 4.79. The summed E-state index contributed by atoms with van der Waals surface area (Å²) in [6.45, 7) is 5.92. The second-order valence-electron chi connectivity index (χ2n) is 23.5. The third kappa shape index (κ3) is 11.2. The van der Waals surface area contributed by atoms with Gasteiger partial charge in [0.1, 0.15) is 35.4 Å². The molecule has 16 nitrogen and oxygen atoms in total. The zero-order valence-electron chi connectivity index (χ0n) is 44.4. The number of sulfonamides is 1. The molecule has 6 aromatic rings. The summed E-state index contributed by atoms with van der Waals surface area (Å²) in [6.07, 6.45) is -4.30. The molecule has 436 valence electrons. The van der Waals surface area contributed by atoms with E-state index in [4.69, 9.17) is 26.3 Å². The minimum Gasteiger partial charge on any atom is -0.367 e. The number of morpholine rings is 1. The molecule has 3 atom stereocenters. The Balaban J connectivity index is 1.15. The number of carbonyl (C=O) groups excluding carboxylic acids is 1. The maximum atomic E-state index is 16.1. The molecule has 1 amide bonds. The van der Waals surface area contributed by atoms with E-state index < -0.39 is 148 Å². The fourth-order valence-electron chi connectivity index (χ4n) is 12.7. The standard InChI is InChI=1S/C53H56ClF10N11O5S/c1-49(2)22-71(23-50(3,4)80-49)12-13-73-42-36(7-6-33(54)40(42)46(69-73)70-81(5,78)79)75-47(67-45-38(48(75)77)28(20-72-24-52(61,62)25-72)17-34(66-45)27-8-10-51(59,60)11-9-27)35(16-26-14-29(55)18-30(56)15-26)65-37(76)21-74-43-39(41(68-74)44(57)58)31-19-32(31)53(43,63)64/h6-7,14-15,17-18,27,31-32,35,44H,8-13,16,19-25H2,1-5H3,(H,65,76)(H,69,70)/t31-,32+,35-/m0/s1. The van der Waals surface area contributed by atoms with Crippen LogP contribution >= 0.6 is 11.6 Å². The number of anilines is 1. The number of nitrogens with zero attached hydrogens (tertiary/aromatic N) is 9. The van der Waals surface area contributed by atoms with Gasteiger partial charge in [-0.15, -0.1) is 0 Å². The van der Waals surface area contributed by atoms with Gasteiger partial charge in [0.25, 0.3) is 23.8 Å². The first-order valence-electron chi connectivity index (χ1n) is 26.3. The zero-order valence-corrected chi connectivity index (χ0v) is 46.0. The molecule has 5 aliphatic rings. The van der Waals surface area contributed by atoms with Crippen LogP contribution in [0.2, 0.25) is 5.02 Å². The number of aromatic nitrogens is 7. The summed E-state index contributed by atoms with van der Waals surface area (Å²) < 4.78 is 187. The maximum absolute atomic E-state index is 16.1. The smallest absolute Gasteiger partial charge is 0.293 e. The molecule has 2 aliphatic heterocycles. The Kier molecular flexibility index (Phi) is 14.0. The number of alkyl halides is 8. The molecular weight excluding hydrogens is 1130 g/mol. The van der Waals surface area contributed by atoms with Crippen molar-refractivity contribution in [3.8, 4) is 5.69 Å². The summed E-state index contributed by atoms with van der Waals surface area (Å²) in [5.41, 5.74) is -4.79. The molecule has 11 rings (SSSR count). The van der Waals surface area contributed by atoms with Gasteiger partial charge in [0, 0.05) is 74.6 Å². The minimum atomic E-state index is -4.12. The number of amides is 1. The summed E-state index contributed by atoms with van der Waals surface area (Å²) in [5.74, 6) is -16.6. The lowest BCUT2D eigenvalue weighted by atomic mass is 9.84. The predicted octanol–water partition coefficient (Wildman–Crippen LogP) is 9.51. The molecule has 2 saturated carbocycles. The molecular formula is C53H56ClF10N11O5S. The number of ether oxygens (including phenoxy) is 1. The number of hydrogen-bond donors (Lipinski definition) is 2. The van der Waals surface area contributed by atoms with Gasteiger partial charge in [0.05, 0.1) is 70.1 Å². The van der Waals surface area contributed by atoms with Crippen molar-refractivity contribution >= 4 is 55.3 Å². The Labute approximate surface area is 462 Å². The highest BCUT2D eigenvalue weighted by molar-refractivity contribution is 7.92. The van der Waals surface area contributed by atoms with Crippen molar-refractivity contribution < 1.29 is 61.9 Å². The van der Waals surface area contributed by atoms with E-state index in [1.165, 1.54) is 27.8 Å². The molecule has 6 heterocycles.